The Morgan fingerprint density at radius 3 is 2.79 bits per heavy atom. The lowest BCUT2D eigenvalue weighted by Gasteiger charge is -2.10. The Bertz CT molecular complexity index is 531. The van der Waals surface area contributed by atoms with E-state index in [0.717, 1.165) is 6.07 Å². The van der Waals surface area contributed by atoms with Crippen LogP contribution < -0.4 is 10.1 Å². The Morgan fingerprint density at radius 2 is 2.16 bits per heavy atom. The fourth-order valence-corrected chi connectivity index (χ4v) is 2.14. The number of rotatable bonds is 4. The van der Waals surface area contributed by atoms with E-state index in [1.807, 2.05) is 0 Å². The van der Waals surface area contributed by atoms with Crippen LogP contribution in [-0.2, 0) is 22.4 Å². The Kier molecular flexibility index (Phi) is 3.78. The second-order valence-corrected chi connectivity index (χ2v) is 4.39. The van der Waals surface area contributed by atoms with Gasteiger partial charge in [0.2, 0.25) is 0 Å². The van der Waals surface area contributed by atoms with Crippen LogP contribution in [0.2, 0.25) is 0 Å². The summed E-state index contributed by atoms with van der Waals surface area (Å²) in [6, 6.07) is 0.921. The molecule has 1 unspecified atom stereocenters. The van der Waals surface area contributed by atoms with Gasteiger partial charge in [-0.05, 0) is 24.0 Å². The molecule has 0 radical (unpaired) electrons. The molecule has 2 rings (SSSR count). The summed E-state index contributed by atoms with van der Waals surface area (Å²) in [5.74, 6) is -2.43. The lowest BCUT2D eigenvalue weighted by Crippen LogP contribution is -2.25. The van der Waals surface area contributed by atoms with Gasteiger partial charge in [-0.15, -0.1) is 0 Å². The molecule has 1 amide bonds. The minimum atomic E-state index is -0.690. The van der Waals surface area contributed by atoms with E-state index in [1.54, 1.807) is 0 Å². The van der Waals surface area contributed by atoms with Gasteiger partial charge < -0.3 is 14.8 Å². The molecule has 1 atom stereocenters. The lowest BCUT2D eigenvalue weighted by molar-refractivity contribution is -0.122. The molecule has 0 bridgehead atoms. The average Bonchev–Trinajstić information content (AvgIpc) is 2.85. The van der Waals surface area contributed by atoms with E-state index < -0.39 is 23.5 Å². The molecule has 0 aliphatic heterocycles. The molecule has 0 heterocycles. The Balaban J connectivity index is 2.26. The van der Waals surface area contributed by atoms with Crippen molar-refractivity contribution in [3.8, 4) is 5.75 Å². The molecular weight excluding hydrogens is 256 g/mol. The Hall–Kier alpha value is -1.98. The van der Waals surface area contributed by atoms with E-state index in [-0.39, 0.29) is 36.3 Å². The van der Waals surface area contributed by atoms with E-state index >= 15 is 0 Å². The van der Waals surface area contributed by atoms with Gasteiger partial charge in [0.05, 0.1) is 0 Å². The molecule has 0 aromatic heterocycles. The fraction of sp³-hybridized carbons (Fsp3) is 0.385. The summed E-state index contributed by atoms with van der Waals surface area (Å²) < 4.78 is 32.8. The predicted octanol–water partition coefficient (Wildman–Crippen LogP) is 1.00. The number of likely N-dealkylation sites (N-methyl/N-ethyl adjacent to an activating group) is 1. The Morgan fingerprint density at radius 1 is 1.47 bits per heavy atom. The number of halogens is 2. The standard InChI is InChI=1S/C13H13F2NO3/c1-16-12(18)6-19-11-4-10(14)8-2-7(5-17)3-9(8)13(11)15/h4-5,7H,2-3,6H2,1H3,(H,16,18). The molecule has 1 aromatic carbocycles. The minimum Gasteiger partial charge on any atom is -0.481 e. The van der Waals surface area contributed by atoms with Crippen LogP contribution >= 0.6 is 0 Å². The van der Waals surface area contributed by atoms with Crippen LogP contribution in [-0.4, -0.2) is 25.8 Å². The summed E-state index contributed by atoms with van der Waals surface area (Å²) in [7, 11) is 1.42. The molecule has 0 saturated carbocycles. The first-order valence-corrected chi connectivity index (χ1v) is 5.85. The number of ether oxygens (including phenoxy) is 1. The van der Waals surface area contributed by atoms with Crippen molar-refractivity contribution in [1.82, 2.24) is 5.32 Å². The normalized spacial score (nSPS) is 16.9. The number of amides is 1. The van der Waals surface area contributed by atoms with E-state index in [9.17, 15) is 18.4 Å². The van der Waals surface area contributed by atoms with E-state index in [2.05, 4.69) is 5.32 Å². The number of carbonyl (C=O) groups is 2. The highest BCUT2D eigenvalue weighted by molar-refractivity contribution is 5.77. The zero-order chi connectivity index (χ0) is 14.0. The number of hydrogen-bond donors (Lipinski definition) is 1. The monoisotopic (exact) mass is 269 g/mol. The average molecular weight is 269 g/mol. The largest absolute Gasteiger partial charge is 0.481 e. The number of hydrogen-bond acceptors (Lipinski definition) is 3. The maximum atomic E-state index is 14.1. The number of nitrogens with one attached hydrogen (secondary N) is 1. The van der Waals surface area contributed by atoms with Crippen molar-refractivity contribution in [2.24, 2.45) is 5.92 Å². The second kappa shape index (κ2) is 5.34. The molecule has 1 aliphatic rings. The third kappa shape index (κ3) is 2.57. The van der Waals surface area contributed by atoms with Crippen molar-refractivity contribution in [2.75, 3.05) is 13.7 Å². The molecular formula is C13H13F2NO3. The predicted molar refractivity (Wildman–Crippen MR) is 62.9 cm³/mol. The van der Waals surface area contributed by atoms with Crippen molar-refractivity contribution in [1.29, 1.82) is 0 Å². The summed E-state index contributed by atoms with van der Waals surface area (Å²) in [6.07, 6.45) is 1.07. The van der Waals surface area contributed by atoms with Crippen LogP contribution in [0.25, 0.3) is 0 Å². The van der Waals surface area contributed by atoms with Gasteiger partial charge in [-0.1, -0.05) is 0 Å². The van der Waals surface area contributed by atoms with E-state index in [1.165, 1.54) is 7.05 Å². The molecule has 0 fully saturated rings. The SMILES string of the molecule is CNC(=O)COc1cc(F)c2c(c1F)CC(C=O)C2. The maximum absolute atomic E-state index is 14.1. The third-order valence-electron chi connectivity index (χ3n) is 3.15. The quantitative estimate of drug-likeness (QED) is 0.830. The summed E-state index contributed by atoms with van der Waals surface area (Å²) in [5.41, 5.74) is 0.394. The smallest absolute Gasteiger partial charge is 0.257 e. The lowest BCUT2D eigenvalue weighted by atomic mass is 10.1. The first-order valence-electron chi connectivity index (χ1n) is 5.85. The molecule has 0 spiro atoms. The molecule has 102 valence electrons. The van der Waals surface area contributed by atoms with Crippen molar-refractivity contribution in [2.45, 2.75) is 12.8 Å². The fourth-order valence-electron chi connectivity index (χ4n) is 2.14. The number of benzene rings is 1. The topological polar surface area (TPSA) is 55.4 Å². The number of fused-ring (bicyclic) bond motifs is 1. The minimum absolute atomic E-state index is 0.165. The maximum Gasteiger partial charge on any atom is 0.257 e. The molecule has 1 N–H and O–H groups in total. The first kappa shape index (κ1) is 13.5. The van der Waals surface area contributed by atoms with Crippen molar-refractivity contribution < 1.29 is 23.1 Å². The third-order valence-corrected chi connectivity index (χ3v) is 3.15. The van der Waals surface area contributed by atoms with Gasteiger partial charge in [0.25, 0.3) is 5.91 Å². The van der Waals surface area contributed by atoms with Crippen molar-refractivity contribution in [3.63, 3.8) is 0 Å². The van der Waals surface area contributed by atoms with Gasteiger partial charge in [0, 0.05) is 19.0 Å². The van der Waals surface area contributed by atoms with E-state index in [0.29, 0.717) is 6.29 Å². The van der Waals surface area contributed by atoms with Crippen LogP contribution in [0.5, 0.6) is 5.75 Å². The second-order valence-electron chi connectivity index (χ2n) is 4.39. The van der Waals surface area contributed by atoms with E-state index in [4.69, 9.17) is 4.74 Å². The molecule has 19 heavy (non-hydrogen) atoms. The van der Waals surface area contributed by atoms with Gasteiger partial charge in [-0.25, -0.2) is 8.78 Å². The molecule has 1 aliphatic carbocycles. The van der Waals surface area contributed by atoms with Crippen LogP contribution in [0.15, 0.2) is 6.07 Å². The zero-order valence-corrected chi connectivity index (χ0v) is 10.3. The van der Waals surface area contributed by atoms with Gasteiger partial charge in [0.1, 0.15) is 12.1 Å². The highest BCUT2D eigenvalue weighted by atomic mass is 19.1. The highest BCUT2D eigenvalue weighted by Gasteiger charge is 2.29. The summed E-state index contributed by atoms with van der Waals surface area (Å²) in [6.45, 7) is -0.386. The molecule has 4 nitrogen and oxygen atoms in total. The van der Waals surface area contributed by atoms with Gasteiger partial charge in [-0.2, -0.15) is 0 Å². The highest BCUT2D eigenvalue weighted by Crippen LogP contribution is 2.34. The van der Waals surface area contributed by atoms with Crippen LogP contribution in [0.4, 0.5) is 8.78 Å². The molecule has 1 aromatic rings. The summed E-state index contributed by atoms with van der Waals surface area (Å²) in [4.78, 5) is 21.7. The van der Waals surface area contributed by atoms with Crippen LogP contribution in [0.1, 0.15) is 11.1 Å². The van der Waals surface area contributed by atoms with Crippen LogP contribution in [0.3, 0.4) is 0 Å². The van der Waals surface area contributed by atoms with Crippen LogP contribution in [0, 0.1) is 17.6 Å². The molecule has 0 saturated heterocycles. The zero-order valence-electron chi connectivity index (χ0n) is 10.3. The molecule has 6 heteroatoms. The summed E-state index contributed by atoms with van der Waals surface area (Å²) >= 11 is 0. The number of carbonyl (C=O) groups excluding carboxylic acids is 2. The number of aldehydes is 1. The Labute approximate surface area is 108 Å². The summed E-state index contributed by atoms with van der Waals surface area (Å²) in [5, 5.41) is 2.31. The van der Waals surface area contributed by atoms with Gasteiger partial charge >= 0.3 is 0 Å². The first-order chi connectivity index (χ1) is 9.06. The van der Waals surface area contributed by atoms with Crippen molar-refractivity contribution in [3.05, 3.63) is 28.8 Å². The van der Waals surface area contributed by atoms with Crippen molar-refractivity contribution >= 4 is 12.2 Å². The van der Waals surface area contributed by atoms with Gasteiger partial charge in [-0.3, -0.25) is 4.79 Å². The van der Waals surface area contributed by atoms with Gasteiger partial charge in [0.15, 0.2) is 18.2 Å².